The summed E-state index contributed by atoms with van der Waals surface area (Å²) in [5.41, 5.74) is 5.83. The molecule has 0 atom stereocenters. The number of rotatable bonds is 3. The van der Waals surface area contributed by atoms with Gasteiger partial charge in [-0.25, -0.2) is 0 Å². The van der Waals surface area contributed by atoms with E-state index in [4.69, 9.17) is 5.73 Å². The van der Waals surface area contributed by atoms with Crippen molar-refractivity contribution in [2.24, 2.45) is 11.7 Å². The first-order chi connectivity index (χ1) is 5.68. The number of nitrogens with two attached hydrogens (primary N) is 1. The highest BCUT2D eigenvalue weighted by Gasteiger charge is 2.17. The zero-order chi connectivity index (χ0) is 8.97. The van der Waals surface area contributed by atoms with Gasteiger partial charge in [0.15, 0.2) is 0 Å². The maximum atomic E-state index is 5.83. The molecule has 0 aromatic heterocycles. The molecule has 1 fully saturated rings. The third-order valence-electron chi connectivity index (χ3n) is 2.59. The molecule has 3 N–H and O–H groups in total. The third kappa shape index (κ3) is 6.88. The molecule has 14 heavy (non-hydrogen) atoms. The molecule has 1 aliphatic rings. The summed E-state index contributed by atoms with van der Waals surface area (Å²) in [7, 11) is 0. The highest BCUT2D eigenvalue weighted by Crippen LogP contribution is 2.16. The van der Waals surface area contributed by atoms with E-state index >= 15 is 0 Å². The third-order valence-corrected chi connectivity index (χ3v) is 2.59. The lowest BCUT2D eigenvalue weighted by Gasteiger charge is -2.27. The van der Waals surface area contributed by atoms with Crippen LogP contribution >= 0.6 is 24.8 Å². The predicted octanol–water partition coefficient (Wildman–Crippen LogP) is 2.35. The summed E-state index contributed by atoms with van der Waals surface area (Å²) in [5.74, 6) is 0.764. The summed E-state index contributed by atoms with van der Waals surface area (Å²) in [6, 6.07) is 1.22. The summed E-state index contributed by atoms with van der Waals surface area (Å²) in [6.45, 7) is 5.66. The van der Waals surface area contributed by atoms with Gasteiger partial charge in [0, 0.05) is 12.1 Å². The molecular weight excluding hydrogens is 219 g/mol. The van der Waals surface area contributed by atoms with Gasteiger partial charge in [0.1, 0.15) is 0 Å². The topological polar surface area (TPSA) is 38.0 Å². The lowest BCUT2D eigenvalue weighted by molar-refractivity contribution is 0.332. The van der Waals surface area contributed by atoms with E-state index in [0.717, 1.165) is 18.5 Å². The number of hydrogen-bond donors (Lipinski definition) is 2. The van der Waals surface area contributed by atoms with E-state index in [2.05, 4.69) is 19.2 Å². The van der Waals surface area contributed by atoms with Crippen molar-refractivity contribution in [1.29, 1.82) is 0 Å². The normalized spacial score (nSPS) is 26.6. The van der Waals surface area contributed by atoms with Crippen LogP contribution in [0.3, 0.4) is 0 Å². The molecule has 0 saturated heterocycles. The summed E-state index contributed by atoms with van der Waals surface area (Å²) in [6.07, 6.45) is 4.95. The summed E-state index contributed by atoms with van der Waals surface area (Å²) in [4.78, 5) is 0. The van der Waals surface area contributed by atoms with Crippen LogP contribution in [0, 0.1) is 5.92 Å². The minimum absolute atomic E-state index is 0. The lowest BCUT2D eigenvalue weighted by Crippen LogP contribution is -2.38. The predicted molar refractivity (Wildman–Crippen MR) is 67.6 cm³/mol. The molecule has 0 aromatic rings. The number of hydrogen-bond acceptors (Lipinski definition) is 2. The fourth-order valence-electron chi connectivity index (χ4n) is 1.73. The van der Waals surface area contributed by atoms with E-state index in [1.807, 2.05) is 0 Å². The molecule has 0 aliphatic heterocycles. The Morgan fingerprint density at radius 1 is 1.14 bits per heavy atom. The van der Waals surface area contributed by atoms with E-state index in [1.54, 1.807) is 0 Å². The Morgan fingerprint density at radius 2 is 1.64 bits per heavy atom. The maximum Gasteiger partial charge on any atom is 0.00683 e. The van der Waals surface area contributed by atoms with Gasteiger partial charge in [0.25, 0.3) is 0 Å². The molecule has 0 unspecified atom stereocenters. The Labute approximate surface area is 100 Å². The molecule has 0 radical (unpaired) electrons. The molecule has 1 rings (SSSR count). The smallest absolute Gasteiger partial charge is 0.00683 e. The molecule has 0 heterocycles. The van der Waals surface area contributed by atoms with Gasteiger partial charge in [-0.05, 0) is 38.1 Å². The molecule has 0 spiro atoms. The molecule has 88 valence electrons. The van der Waals surface area contributed by atoms with E-state index in [-0.39, 0.29) is 24.8 Å². The fourth-order valence-corrected chi connectivity index (χ4v) is 1.73. The van der Waals surface area contributed by atoms with Gasteiger partial charge >= 0.3 is 0 Å². The Morgan fingerprint density at radius 3 is 2.07 bits per heavy atom. The minimum atomic E-state index is 0. The molecule has 1 saturated carbocycles. The first-order valence-electron chi connectivity index (χ1n) is 5.17. The molecule has 0 aromatic carbocycles. The van der Waals surface area contributed by atoms with Crippen LogP contribution in [0.1, 0.15) is 39.5 Å². The van der Waals surface area contributed by atoms with Crippen molar-refractivity contribution < 1.29 is 0 Å². The van der Waals surface area contributed by atoms with Gasteiger partial charge < -0.3 is 11.1 Å². The van der Waals surface area contributed by atoms with Gasteiger partial charge in [0.2, 0.25) is 0 Å². The summed E-state index contributed by atoms with van der Waals surface area (Å²) >= 11 is 0. The molecule has 2 nitrogen and oxygen atoms in total. The second-order valence-corrected chi connectivity index (χ2v) is 4.41. The largest absolute Gasteiger partial charge is 0.328 e. The number of nitrogens with one attached hydrogen (secondary N) is 1. The average molecular weight is 243 g/mol. The van der Waals surface area contributed by atoms with Crippen molar-refractivity contribution >= 4 is 24.8 Å². The highest BCUT2D eigenvalue weighted by atomic mass is 35.5. The van der Waals surface area contributed by atoms with Gasteiger partial charge in [-0.2, -0.15) is 0 Å². The molecular formula is C10H24Cl2N2. The van der Waals surface area contributed by atoms with Gasteiger partial charge in [-0.3, -0.25) is 0 Å². The van der Waals surface area contributed by atoms with Crippen molar-refractivity contribution in [3.63, 3.8) is 0 Å². The Hall–Kier alpha value is 0.500. The summed E-state index contributed by atoms with van der Waals surface area (Å²) < 4.78 is 0. The van der Waals surface area contributed by atoms with Gasteiger partial charge in [-0.1, -0.05) is 13.8 Å². The van der Waals surface area contributed by atoms with Crippen LogP contribution in [-0.4, -0.2) is 18.6 Å². The quantitative estimate of drug-likeness (QED) is 0.798. The van der Waals surface area contributed by atoms with Crippen LogP contribution in [0.5, 0.6) is 0 Å². The van der Waals surface area contributed by atoms with Crippen molar-refractivity contribution in [3.8, 4) is 0 Å². The van der Waals surface area contributed by atoms with Crippen LogP contribution in [0.25, 0.3) is 0 Å². The average Bonchev–Trinajstić information content (AvgIpc) is 2.03. The highest BCUT2D eigenvalue weighted by molar-refractivity contribution is 5.85. The van der Waals surface area contributed by atoms with E-state index in [1.165, 1.54) is 25.7 Å². The minimum Gasteiger partial charge on any atom is -0.328 e. The monoisotopic (exact) mass is 242 g/mol. The van der Waals surface area contributed by atoms with Gasteiger partial charge in [0.05, 0.1) is 0 Å². The lowest BCUT2D eigenvalue weighted by atomic mass is 9.91. The number of halogens is 2. The van der Waals surface area contributed by atoms with E-state index in [9.17, 15) is 0 Å². The second-order valence-electron chi connectivity index (χ2n) is 4.41. The SMILES string of the molecule is CC(C)CNC1CCC(N)CC1.Cl.Cl. The Balaban J connectivity index is 0. The zero-order valence-electron chi connectivity index (χ0n) is 9.16. The van der Waals surface area contributed by atoms with E-state index < -0.39 is 0 Å². The first-order valence-corrected chi connectivity index (χ1v) is 5.17. The van der Waals surface area contributed by atoms with Crippen molar-refractivity contribution in [2.45, 2.75) is 51.6 Å². The van der Waals surface area contributed by atoms with Crippen molar-refractivity contribution in [3.05, 3.63) is 0 Å². The van der Waals surface area contributed by atoms with Crippen LogP contribution in [-0.2, 0) is 0 Å². The first kappa shape index (κ1) is 16.9. The molecule has 0 amide bonds. The fraction of sp³-hybridized carbons (Fsp3) is 1.00. The Kier molecular flexibility index (Phi) is 10.6. The van der Waals surface area contributed by atoms with Crippen LogP contribution < -0.4 is 11.1 Å². The standard InChI is InChI=1S/C10H22N2.2ClH/c1-8(2)7-12-10-5-3-9(11)4-6-10;;/h8-10,12H,3-7,11H2,1-2H3;2*1H. The Bertz CT molecular complexity index is 123. The van der Waals surface area contributed by atoms with Crippen LogP contribution in [0.2, 0.25) is 0 Å². The molecule has 0 bridgehead atoms. The summed E-state index contributed by atoms with van der Waals surface area (Å²) in [5, 5.41) is 3.59. The maximum absolute atomic E-state index is 5.83. The molecule has 1 aliphatic carbocycles. The zero-order valence-corrected chi connectivity index (χ0v) is 10.8. The van der Waals surface area contributed by atoms with Crippen molar-refractivity contribution in [2.75, 3.05) is 6.54 Å². The van der Waals surface area contributed by atoms with Crippen LogP contribution in [0.15, 0.2) is 0 Å². The van der Waals surface area contributed by atoms with E-state index in [0.29, 0.717) is 6.04 Å². The van der Waals surface area contributed by atoms with Crippen molar-refractivity contribution in [1.82, 2.24) is 5.32 Å². The van der Waals surface area contributed by atoms with Crippen LogP contribution in [0.4, 0.5) is 0 Å². The molecule has 4 heteroatoms. The second kappa shape index (κ2) is 8.78. The van der Waals surface area contributed by atoms with Gasteiger partial charge in [-0.15, -0.1) is 24.8 Å².